The normalized spacial score (nSPS) is 22.2. The summed E-state index contributed by atoms with van der Waals surface area (Å²) in [6, 6.07) is 6.72. The molecule has 0 spiro atoms. The lowest BCUT2D eigenvalue weighted by Gasteiger charge is -2.36. The molecule has 0 bridgehead atoms. The Morgan fingerprint density at radius 3 is 2.54 bits per heavy atom. The van der Waals surface area contributed by atoms with Gasteiger partial charge >= 0.3 is 0 Å². The van der Waals surface area contributed by atoms with Crippen LogP contribution in [0.1, 0.15) is 56.9 Å². The van der Waals surface area contributed by atoms with Crippen LogP contribution in [0.3, 0.4) is 0 Å². The molecule has 28 heavy (non-hydrogen) atoms. The van der Waals surface area contributed by atoms with Crippen molar-refractivity contribution in [1.29, 1.82) is 0 Å². The van der Waals surface area contributed by atoms with Crippen molar-refractivity contribution < 1.29 is 14.2 Å². The summed E-state index contributed by atoms with van der Waals surface area (Å²) in [4.78, 5) is 4.77. The minimum absolute atomic E-state index is 0. The average molecular weight is 501 g/mol. The van der Waals surface area contributed by atoms with Gasteiger partial charge in [0.15, 0.2) is 17.5 Å². The van der Waals surface area contributed by atoms with Gasteiger partial charge in [-0.15, -0.1) is 24.0 Å². The van der Waals surface area contributed by atoms with Crippen molar-refractivity contribution in [1.82, 2.24) is 5.32 Å². The number of aliphatic imine (C=N–C) groups is 1. The molecule has 3 N–H and O–H groups in total. The first-order valence-electron chi connectivity index (χ1n) is 10.3. The van der Waals surface area contributed by atoms with Crippen LogP contribution in [0.4, 0.5) is 0 Å². The van der Waals surface area contributed by atoms with Gasteiger partial charge in [0.2, 0.25) is 6.79 Å². The topological polar surface area (TPSA) is 78.1 Å². The zero-order valence-corrected chi connectivity index (χ0v) is 18.8. The molecule has 2 aliphatic heterocycles. The summed E-state index contributed by atoms with van der Waals surface area (Å²) in [5.41, 5.74) is 7.44. The summed E-state index contributed by atoms with van der Waals surface area (Å²) >= 11 is 0. The van der Waals surface area contributed by atoms with Crippen LogP contribution in [0, 0.1) is 0 Å². The summed E-state index contributed by atoms with van der Waals surface area (Å²) in [7, 11) is 0. The highest BCUT2D eigenvalue weighted by Crippen LogP contribution is 2.41. The van der Waals surface area contributed by atoms with Crippen molar-refractivity contribution in [3.63, 3.8) is 0 Å². The lowest BCUT2D eigenvalue weighted by atomic mass is 9.74. The first-order valence-corrected chi connectivity index (χ1v) is 10.3. The number of rotatable bonds is 4. The number of hydrogen-bond donors (Lipinski definition) is 2. The van der Waals surface area contributed by atoms with Gasteiger partial charge in [-0.3, -0.25) is 4.99 Å². The lowest BCUT2D eigenvalue weighted by Crippen LogP contribution is -2.42. The maximum absolute atomic E-state index is 6.26. The minimum Gasteiger partial charge on any atom is -0.454 e. The number of fused-ring (bicyclic) bond motifs is 1. The third kappa shape index (κ3) is 5.03. The molecule has 6 nitrogen and oxygen atoms in total. The third-order valence-corrected chi connectivity index (χ3v) is 6.19. The van der Waals surface area contributed by atoms with Crippen molar-refractivity contribution in [2.45, 2.75) is 62.8 Å². The molecule has 1 saturated heterocycles. The Morgan fingerprint density at radius 2 is 1.79 bits per heavy atom. The molecule has 0 unspecified atom stereocenters. The standard InChI is InChI=1S/C21H31N3O3.HI/c22-20(24-17-5-3-1-2-4-6-17)23-14-21(9-11-25-12-10-21)16-7-8-18-19(13-16)27-15-26-18;/h7-8,13,17H,1-6,9-12,14-15H2,(H3,22,23,24);1H. The molecule has 1 aromatic rings. The minimum atomic E-state index is -0.0605. The third-order valence-electron chi connectivity index (χ3n) is 6.19. The molecule has 2 heterocycles. The van der Waals surface area contributed by atoms with Crippen molar-refractivity contribution in [3.05, 3.63) is 23.8 Å². The zero-order chi connectivity index (χ0) is 18.5. The fourth-order valence-electron chi connectivity index (χ4n) is 4.44. The van der Waals surface area contributed by atoms with E-state index in [4.69, 9.17) is 24.9 Å². The highest BCUT2D eigenvalue weighted by molar-refractivity contribution is 14.0. The molecule has 2 fully saturated rings. The van der Waals surface area contributed by atoms with Crippen LogP contribution in [0.15, 0.2) is 23.2 Å². The van der Waals surface area contributed by atoms with Gasteiger partial charge < -0.3 is 25.3 Å². The fraction of sp³-hybridized carbons (Fsp3) is 0.667. The van der Waals surface area contributed by atoms with Crippen LogP contribution in [0.25, 0.3) is 0 Å². The molecule has 7 heteroatoms. The van der Waals surface area contributed by atoms with Crippen LogP contribution >= 0.6 is 24.0 Å². The van der Waals surface area contributed by atoms with Crippen LogP contribution in [0.5, 0.6) is 11.5 Å². The molecule has 0 atom stereocenters. The molecular weight excluding hydrogens is 469 g/mol. The van der Waals surface area contributed by atoms with Gasteiger partial charge in [0.1, 0.15) is 0 Å². The monoisotopic (exact) mass is 501 g/mol. The zero-order valence-electron chi connectivity index (χ0n) is 16.5. The number of nitrogens with zero attached hydrogens (tertiary/aromatic N) is 1. The molecule has 0 aromatic heterocycles. The molecule has 1 aliphatic carbocycles. The van der Waals surface area contributed by atoms with E-state index in [1.54, 1.807) is 0 Å². The number of hydrogen-bond acceptors (Lipinski definition) is 4. The van der Waals surface area contributed by atoms with E-state index >= 15 is 0 Å². The first-order chi connectivity index (χ1) is 13.3. The van der Waals surface area contributed by atoms with Crippen molar-refractivity contribution in [2.24, 2.45) is 10.7 Å². The van der Waals surface area contributed by atoms with Crippen molar-refractivity contribution in [2.75, 3.05) is 26.6 Å². The van der Waals surface area contributed by atoms with Gasteiger partial charge in [-0.05, 0) is 43.4 Å². The van der Waals surface area contributed by atoms with Gasteiger partial charge in [-0.25, -0.2) is 0 Å². The van der Waals surface area contributed by atoms with E-state index < -0.39 is 0 Å². The van der Waals surface area contributed by atoms with E-state index in [-0.39, 0.29) is 29.4 Å². The van der Waals surface area contributed by atoms with E-state index in [2.05, 4.69) is 17.4 Å². The Balaban J connectivity index is 0.00000225. The second-order valence-electron chi connectivity index (χ2n) is 8.00. The first kappa shape index (κ1) is 21.5. The van der Waals surface area contributed by atoms with Crippen LogP contribution in [-0.2, 0) is 10.2 Å². The van der Waals surface area contributed by atoms with Gasteiger partial charge in [-0.1, -0.05) is 31.7 Å². The molecular formula is C21H32IN3O3. The van der Waals surface area contributed by atoms with Crippen LogP contribution < -0.4 is 20.5 Å². The van der Waals surface area contributed by atoms with Gasteiger partial charge in [0.05, 0.1) is 6.54 Å². The Morgan fingerprint density at radius 1 is 1.07 bits per heavy atom. The Labute approximate surface area is 184 Å². The smallest absolute Gasteiger partial charge is 0.231 e. The van der Waals surface area contributed by atoms with E-state index in [9.17, 15) is 0 Å². The number of halogens is 1. The Hall–Kier alpha value is -1.22. The highest BCUT2D eigenvalue weighted by atomic mass is 127. The predicted molar refractivity (Wildman–Crippen MR) is 121 cm³/mol. The highest BCUT2D eigenvalue weighted by Gasteiger charge is 2.35. The molecule has 3 aliphatic rings. The number of ether oxygens (including phenoxy) is 3. The maximum Gasteiger partial charge on any atom is 0.231 e. The largest absolute Gasteiger partial charge is 0.454 e. The molecule has 4 rings (SSSR count). The van der Waals surface area contributed by atoms with E-state index in [1.807, 2.05) is 6.07 Å². The second-order valence-corrected chi connectivity index (χ2v) is 8.00. The van der Waals surface area contributed by atoms with Crippen molar-refractivity contribution in [3.8, 4) is 11.5 Å². The number of guanidine groups is 1. The molecule has 156 valence electrons. The number of nitrogens with two attached hydrogens (primary N) is 1. The average Bonchev–Trinajstić information content (AvgIpc) is 3.03. The SMILES string of the molecule is I.NC(=NCC1(c2ccc3c(c2)OCO3)CCOCC1)NC1CCCCCC1. The summed E-state index contributed by atoms with van der Waals surface area (Å²) in [5.74, 6) is 2.22. The second kappa shape index (κ2) is 10.0. The van der Waals surface area contributed by atoms with E-state index in [1.165, 1.54) is 44.1 Å². The van der Waals surface area contributed by atoms with Gasteiger partial charge in [0.25, 0.3) is 0 Å². The Bertz CT molecular complexity index is 669. The molecule has 0 radical (unpaired) electrons. The summed E-state index contributed by atoms with van der Waals surface area (Å²) in [6.45, 7) is 2.46. The van der Waals surface area contributed by atoms with Gasteiger partial charge in [0, 0.05) is 24.7 Å². The molecule has 1 aromatic carbocycles. The summed E-state index contributed by atoms with van der Waals surface area (Å²) in [5, 5.41) is 3.46. The molecule has 0 amide bonds. The predicted octanol–water partition coefficient (Wildman–Crippen LogP) is 3.71. The number of benzene rings is 1. The summed E-state index contributed by atoms with van der Waals surface area (Å²) in [6.07, 6.45) is 9.49. The fourth-order valence-corrected chi connectivity index (χ4v) is 4.44. The molecule has 1 saturated carbocycles. The Kier molecular flexibility index (Phi) is 7.68. The lowest BCUT2D eigenvalue weighted by molar-refractivity contribution is 0.0530. The van der Waals surface area contributed by atoms with Crippen molar-refractivity contribution >= 4 is 29.9 Å². The van der Waals surface area contributed by atoms with E-state index in [0.717, 1.165) is 37.6 Å². The number of nitrogens with one attached hydrogen (secondary N) is 1. The van der Waals surface area contributed by atoms with E-state index in [0.29, 0.717) is 25.3 Å². The maximum atomic E-state index is 6.26. The summed E-state index contributed by atoms with van der Waals surface area (Å²) < 4.78 is 16.7. The quantitative estimate of drug-likeness (QED) is 0.285. The van der Waals surface area contributed by atoms with Gasteiger partial charge in [-0.2, -0.15) is 0 Å². The van der Waals surface area contributed by atoms with Crippen LogP contribution in [0.2, 0.25) is 0 Å². The van der Waals surface area contributed by atoms with Crippen LogP contribution in [-0.4, -0.2) is 38.6 Å².